The maximum absolute atomic E-state index is 11.2. The van der Waals surface area contributed by atoms with Crippen molar-refractivity contribution in [3.63, 3.8) is 0 Å². The van der Waals surface area contributed by atoms with Crippen LogP contribution in [-0.2, 0) is 17.5 Å². The maximum atomic E-state index is 9.93. The van der Waals surface area contributed by atoms with Crippen molar-refractivity contribution in [3.8, 4) is 5.75 Å². The van der Waals surface area contributed by atoms with E-state index in [1.54, 1.807) is 12.1 Å². The van der Waals surface area contributed by atoms with E-state index in [9.17, 15) is 16.9 Å². The summed E-state index contributed by atoms with van der Waals surface area (Å²) in [6.45, 7) is 0. The molecule has 0 radical (unpaired) electrons. The summed E-state index contributed by atoms with van der Waals surface area (Å²) in [6.07, 6.45) is 0. The summed E-state index contributed by atoms with van der Waals surface area (Å²) in [5.41, 5.74) is 1.34. The fourth-order valence-corrected chi connectivity index (χ4v) is 2.26. The van der Waals surface area contributed by atoms with Crippen LogP contribution in [0.2, 0.25) is 0 Å². The number of hydrogen-bond donors (Lipinski definition) is 1. The molecule has 0 aliphatic rings. The number of rotatable bonds is 3. The molecule has 9 heteroatoms. The first-order chi connectivity index (χ1) is 9.79. The Morgan fingerprint density at radius 1 is 0.773 bits per heavy atom. The Balaban J connectivity index is 0.000000295. The molecule has 0 aromatic heterocycles. The Labute approximate surface area is 129 Å². The second-order valence-electron chi connectivity index (χ2n) is 4.28. The van der Waals surface area contributed by atoms with Crippen molar-refractivity contribution in [2.45, 2.75) is 10.6 Å². The molecule has 1 nitrogen and oxygen atoms in total. The van der Waals surface area contributed by atoms with Crippen LogP contribution in [0.25, 0.3) is 0 Å². The predicted octanol–water partition coefficient (Wildman–Crippen LogP) is 4.91. The van der Waals surface area contributed by atoms with Crippen LogP contribution < -0.4 is 0 Å². The van der Waals surface area contributed by atoms with Crippen molar-refractivity contribution in [2.75, 3.05) is 0 Å². The molecule has 2 aromatic carbocycles. The average molecular weight is 453 g/mol. The summed E-state index contributed by atoms with van der Waals surface area (Å²) in [5.74, 6) is 1.35. The van der Waals surface area contributed by atoms with E-state index in [1.165, 1.54) is 22.2 Å². The van der Waals surface area contributed by atoms with E-state index < -0.39 is 19.5 Å². The van der Waals surface area contributed by atoms with Crippen molar-refractivity contribution >= 4 is 31.2 Å². The molecule has 2 rings (SSSR count). The number of aromatic hydroxyl groups is 1. The first kappa shape index (κ1) is 19.0. The van der Waals surface area contributed by atoms with Gasteiger partial charge in [0.2, 0.25) is 0 Å². The predicted molar refractivity (Wildman–Crippen MR) is 77.7 cm³/mol. The summed E-state index contributed by atoms with van der Waals surface area (Å²) < 4.78 is 59.6. The summed E-state index contributed by atoms with van der Waals surface area (Å²) in [7, 11) is 0. The first-order valence-electron chi connectivity index (χ1n) is 5.86. The quantitative estimate of drug-likeness (QED) is 0.304. The van der Waals surface area contributed by atoms with Crippen LogP contribution in [0, 0.1) is 0 Å². The van der Waals surface area contributed by atoms with Gasteiger partial charge < -0.3 is 5.11 Å². The third-order valence-corrected chi connectivity index (χ3v) is 3.32. The zero-order chi connectivity index (χ0) is 16.9. The SMILES string of the molecule is Oc1ccc([SH+]Cc2ccccc2)cc1.[F][Sb-]([F])([F])([F])([F])[F]. The molecule has 0 fully saturated rings. The van der Waals surface area contributed by atoms with Crippen LogP contribution >= 0.6 is 0 Å². The zero-order valence-corrected chi connectivity index (χ0v) is 14.5. The molecule has 1 N–H and O–H groups in total. The third kappa shape index (κ3) is 12.7. The van der Waals surface area contributed by atoms with Gasteiger partial charge in [0.25, 0.3) is 0 Å². The molecule has 0 amide bonds. The van der Waals surface area contributed by atoms with Crippen molar-refractivity contribution in [3.05, 3.63) is 60.2 Å². The van der Waals surface area contributed by atoms with Gasteiger partial charge in [0.05, 0.1) is 0 Å². The van der Waals surface area contributed by atoms with Crippen LogP contribution in [0.4, 0.5) is 16.9 Å². The minimum atomic E-state index is -11.2. The van der Waals surface area contributed by atoms with Gasteiger partial charge >= 0.3 is 36.4 Å². The third-order valence-electron chi connectivity index (χ3n) is 2.14. The Morgan fingerprint density at radius 2 is 1.23 bits per heavy atom. The number of phenols is 1. The standard InChI is InChI=1S/C13H12OS.6FH.Sb/c14-12-6-8-13(9-7-12)15-10-11-4-2-1-3-5-11;;;;;;;/h1-9,14H,10H2;6*1H;/q;;;;;;;+5/p-5. The number of halogens is 6. The second-order valence-corrected chi connectivity index (χ2v) is 10.9. The molecule has 0 saturated heterocycles. The van der Waals surface area contributed by atoms with Gasteiger partial charge in [-0.25, -0.2) is 0 Å². The average Bonchev–Trinajstić information content (AvgIpc) is 2.36. The zero-order valence-electron chi connectivity index (χ0n) is 11.0. The number of hydrogen-bond acceptors (Lipinski definition) is 1. The van der Waals surface area contributed by atoms with E-state index in [4.69, 9.17) is 5.11 Å². The van der Waals surface area contributed by atoms with Crippen LogP contribution in [0.3, 0.4) is 0 Å². The van der Waals surface area contributed by atoms with Gasteiger partial charge in [-0.1, -0.05) is 30.3 Å². The molecular formula is C13H13F6OSSb. The molecule has 22 heavy (non-hydrogen) atoms. The van der Waals surface area contributed by atoms with Crippen LogP contribution in [0.15, 0.2) is 59.5 Å². The summed E-state index contributed by atoms with van der Waals surface area (Å²) in [6, 6.07) is 17.8. The fourth-order valence-electron chi connectivity index (χ4n) is 1.32. The topological polar surface area (TPSA) is 20.2 Å². The van der Waals surface area contributed by atoms with Gasteiger partial charge in [-0.2, -0.15) is 0 Å². The molecule has 0 atom stereocenters. The Bertz CT molecular complexity index is 586. The first-order valence-corrected chi connectivity index (χ1v) is 12.7. The summed E-state index contributed by atoms with van der Waals surface area (Å²) in [5, 5.41) is 9.14. The number of benzene rings is 2. The summed E-state index contributed by atoms with van der Waals surface area (Å²) >= 11 is -9.98. The molecule has 0 spiro atoms. The molecule has 0 saturated carbocycles. The normalized spacial score (nSPS) is 14.3. The van der Waals surface area contributed by atoms with E-state index in [1.807, 2.05) is 18.2 Å². The van der Waals surface area contributed by atoms with Crippen LogP contribution in [-0.4, -0.2) is 24.6 Å². The van der Waals surface area contributed by atoms with Gasteiger partial charge in [-0.3, -0.25) is 0 Å². The fraction of sp³-hybridized carbons (Fsp3) is 0.0769. The summed E-state index contributed by atoms with van der Waals surface area (Å²) in [4.78, 5) is 1.23. The van der Waals surface area contributed by atoms with E-state index in [2.05, 4.69) is 24.3 Å². The molecule has 0 aliphatic carbocycles. The Hall–Kier alpha value is -1.01. The molecule has 2 aromatic rings. The van der Waals surface area contributed by atoms with Crippen molar-refractivity contribution in [1.29, 1.82) is 0 Å². The van der Waals surface area contributed by atoms with Crippen LogP contribution in [0.5, 0.6) is 5.75 Å². The molecule has 0 bridgehead atoms. The van der Waals surface area contributed by atoms with Gasteiger partial charge in [0.15, 0.2) is 4.90 Å². The van der Waals surface area contributed by atoms with E-state index in [0.717, 1.165) is 5.75 Å². The van der Waals surface area contributed by atoms with Gasteiger partial charge in [-0.15, -0.1) is 0 Å². The van der Waals surface area contributed by atoms with Gasteiger partial charge in [0, 0.05) is 17.3 Å². The minimum absolute atomic E-state index is 0.327. The van der Waals surface area contributed by atoms with Crippen molar-refractivity contribution < 1.29 is 22.0 Å². The molecule has 0 aliphatic heterocycles. The number of thiol groups is 1. The second kappa shape index (κ2) is 6.24. The van der Waals surface area contributed by atoms with E-state index in [-0.39, 0.29) is 0 Å². The van der Waals surface area contributed by atoms with Crippen molar-refractivity contribution in [1.82, 2.24) is 0 Å². The monoisotopic (exact) mass is 452 g/mol. The van der Waals surface area contributed by atoms with Crippen molar-refractivity contribution in [2.24, 2.45) is 0 Å². The number of phenolic OH excluding ortho intramolecular Hbond substituents is 1. The molecule has 0 unspecified atom stereocenters. The van der Waals surface area contributed by atoms with Gasteiger partial charge in [-0.05, 0) is 24.3 Å². The molecular weight excluding hydrogens is 440 g/mol. The molecule has 124 valence electrons. The van der Waals surface area contributed by atoms with E-state index >= 15 is 0 Å². The Kier molecular flexibility index (Phi) is 5.40. The van der Waals surface area contributed by atoms with E-state index in [0.29, 0.717) is 5.75 Å². The van der Waals surface area contributed by atoms with Gasteiger partial charge in [0.1, 0.15) is 11.5 Å². The van der Waals surface area contributed by atoms with Crippen LogP contribution in [0.1, 0.15) is 5.56 Å². The Morgan fingerprint density at radius 3 is 1.68 bits per heavy atom. The molecule has 0 heterocycles.